The minimum absolute atomic E-state index is 0.127. The minimum Gasteiger partial charge on any atom is -0.392 e. The summed E-state index contributed by atoms with van der Waals surface area (Å²) < 4.78 is 0. The molecule has 2 rings (SSSR count). The summed E-state index contributed by atoms with van der Waals surface area (Å²) in [6.07, 6.45) is 8.77. The summed E-state index contributed by atoms with van der Waals surface area (Å²) >= 11 is 0. The highest BCUT2D eigenvalue weighted by atomic mass is 16.3. The van der Waals surface area contributed by atoms with Crippen LogP contribution in [0.3, 0.4) is 0 Å². The highest BCUT2D eigenvalue weighted by Gasteiger charge is 2.20. The Morgan fingerprint density at radius 2 is 1.82 bits per heavy atom. The molecular weight excluding hydrogens is 212 g/mol. The molecule has 1 aliphatic carbocycles. The summed E-state index contributed by atoms with van der Waals surface area (Å²) in [5.74, 6) is 0.796. The van der Waals surface area contributed by atoms with Crippen LogP contribution in [0, 0.1) is 5.92 Å². The van der Waals surface area contributed by atoms with Crippen LogP contribution in [0.1, 0.15) is 44.9 Å². The fourth-order valence-corrected chi connectivity index (χ4v) is 3.23. The van der Waals surface area contributed by atoms with E-state index < -0.39 is 0 Å². The molecule has 1 saturated heterocycles. The van der Waals surface area contributed by atoms with E-state index in [0.717, 1.165) is 18.9 Å². The molecule has 1 saturated carbocycles. The quantitative estimate of drug-likeness (QED) is 0.766. The molecule has 2 N–H and O–H groups in total. The highest BCUT2D eigenvalue weighted by molar-refractivity contribution is 4.78. The fourth-order valence-electron chi connectivity index (χ4n) is 3.23. The molecule has 1 unspecified atom stereocenters. The molecule has 0 aromatic heterocycles. The summed E-state index contributed by atoms with van der Waals surface area (Å²) in [5, 5.41) is 13.6. The lowest BCUT2D eigenvalue weighted by molar-refractivity contribution is 0.130. The summed E-state index contributed by atoms with van der Waals surface area (Å²) in [7, 11) is 2.19. The van der Waals surface area contributed by atoms with E-state index in [1.807, 2.05) is 0 Å². The predicted molar refractivity (Wildman–Crippen MR) is 71.1 cm³/mol. The molecule has 100 valence electrons. The largest absolute Gasteiger partial charge is 0.392 e. The van der Waals surface area contributed by atoms with Gasteiger partial charge < -0.3 is 15.3 Å². The predicted octanol–water partition coefficient (Wildman–Crippen LogP) is 1.61. The molecular formula is C14H28N2O. The van der Waals surface area contributed by atoms with Crippen LogP contribution in [-0.4, -0.2) is 48.8 Å². The van der Waals surface area contributed by atoms with Gasteiger partial charge in [-0.1, -0.05) is 25.7 Å². The number of rotatable bonds is 5. The lowest BCUT2D eigenvalue weighted by Crippen LogP contribution is -2.43. The SMILES string of the molecule is CN1CCC(NCC(O)CC2CCCC2)CC1. The molecule has 0 aromatic carbocycles. The third-order valence-corrected chi connectivity index (χ3v) is 4.44. The van der Waals surface area contributed by atoms with Crippen molar-refractivity contribution in [3.05, 3.63) is 0 Å². The first-order valence-corrected chi connectivity index (χ1v) is 7.34. The second-order valence-electron chi connectivity index (χ2n) is 6.03. The van der Waals surface area contributed by atoms with Gasteiger partial charge in [0, 0.05) is 12.6 Å². The molecule has 0 aromatic rings. The zero-order chi connectivity index (χ0) is 12.1. The van der Waals surface area contributed by atoms with E-state index in [0.29, 0.717) is 6.04 Å². The summed E-state index contributed by atoms with van der Waals surface area (Å²) in [6, 6.07) is 0.629. The van der Waals surface area contributed by atoms with E-state index in [4.69, 9.17) is 0 Å². The Labute approximate surface area is 106 Å². The van der Waals surface area contributed by atoms with E-state index in [2.05, 4.69) is 17.3 Å². The Bertz CT molecular complexity index is 208. The number of piperidine rings is 1. The van der Waals surface area contributed by atoms with Gasteiger partial charge in [0.05, 0.1) is 6.10 Å². The van der Waals surface area contributed by atoms with Crippen molar-refractivity contribution in [2.24, 2.45) is 5.92 Å². The Balaban J connectivity index is 1.57. The summed E-state index contributed by atoms with van der Waals surface area (Å²) in [4.78, 5) is 2.38. The number of hydrogen-bond donors (Lipinski definition) is 2. The van der Waals surface area contributed by atoms with Gasteiger partial charge in [0.15, 0.2) is 0 Å². The van der Waals surface area contributed by atoms with Crippen LogP contribution >= 0.6 is 0 Å². The molecule has 0 bridgehead atoms. The van der Waals surface area contributed by atoms with Crippen LogP contribution < -0.4 is 5.32 Å². The van der Waals surface area contributed by atoms with Gasteiger partial charge in [0.2, 0.25) is 0 Å². The van der Waals surface area contributed by atoms with Gasteiger partial charge in [-0.25, -0.2) is 0 Å². The lowest BCUT2D eigenvalue weighted by Gasteiger charge is -2.30. The van der Waals surface area contributed by atoms with Gasteiger partial charge in [0.25, 0.3) is 0 Å². The van der Waals surface area contributed by atoms with Crippen LogP contribution in [0.25, 0.3) is 0 Å². The molecule has 1 heterocycles. The topological polar surface area (TPSA) is 35.5 Å². The van der Waals surface area contributed by atoms with E-state index in [9.17, 15) is 5.11 Å². The fraction of sp³-hybridized carbons (Fsp3) is 1.00. The number of hydrogen-bond acceptors (Lipinski definition) is 3. The first-order chi connectivity index (χ1) is 8.24. The van der Waals surface area contributed by atoms with Crippen molar-refractivity contribution >= 4 is 0 Å². The Morgan fingerprint density at radius 1 is 1.18 bits per heavy atom. The molecule has 2 aliphatic rings. The van der Waals surface area contributed by atoms with Gasteiger partial charge in [-0.05, 0) is 45.3 Å². The number of aliphatic hydroxyl groups is 1. The summed E-state index contributed by atoms with van der Waals surface area (Å²) in [6.45, 7) is 3.18. The minimum atomic E-state index is -0.127. The van der Waals surface area contributed by atoms with Crippen LogP contribution in [0.5, 0.6) is 0 Å². The van der Waals surface area contributed by atoms with Gasteiger partial charge in [0.1, 0.15) is 0 Å². The molecule has 3 nitrogen and oxygen atoms in total. The standard InChI is InChI=1S/C14H28N2O/c1-16-8-6-13(7-9-16)15-11-14(17)10-12-4-2-3-5-12/h12-15,17H,2-11H2,1H3. The lowest BCUT2D eigenvalue weighted by atomic mass is 9.99. The average Bonchev–Trinajstić information content (AvgIpc) is 2.81. The molecule has 0 radical (unpaired) electrons. The molecule has 1 aliphatic heterocycles. The second-order valence-corrected chi connectivity index (χ2v) is 6.03. The monoisotopic (exact) mass is 240 g/mol. The first-order valence-electron chi connectivity index (χ1n) is 7.34. The normalized spacial score (nSPS) is 26.5. The maximum absolute atomic E-state index is 10.0. The number of likely N-dealkylation sites (tertiary alicyclic amines) is 1. The zero-order valence-corrected chi connectivity index (χ0v) is 11.2. The first kappa shape index (κ1) is 13.3. The number of nitrogens with zero attached hydrogens (tertiary/aromatic N) is 1. The van der Waals surface area contributed by atoms with Crippen LogP contribution in [0.15, 0.2) is 0 Å². The van der Waals surface area contributed by atoms with Crippen molar-refractivity contribution in [3.63, 3.8) is 0 Å². The smallest absolute Gasteiger partial charge is 0.0667 e. The van der Waals surface area contributed by atoms with E-state index in [1.54, 1.807) is 0 Å². The highest BCUT2D eigenvalue weighted by Crippen LogP contribution is 2.28. The maximum atomic E-state index is 10.0. The van der Waals surface area contributed by atoms with Gasteiger partial charge in [-0.15, -0.1) is 0 Å². The average molecular weight is 240 g/mol. The van der Waals surface area contributed by atoms with Gasteiger partial charge in [-0.2, -0.15) is 0 Å². The Morgan fingerprint density at radius 3 is 2.47 bits per heavy atom. The van der Waals surface area contributed by atoms with Gasteiger partial charge in [-0.3, -0.25) is 0 Å². The van der Waals surface area contributed by atoms with E-state index in [-0.39, 0.29) is 6.10 Å². The molecule has 17 heavy (non-hydrogen) atoms. The van der Waals surface area contributed by atoms with E-state index >= 15 is 0 Å². The molecule has 1 atom stereocenters. The zero-order valence-electron chi connectivity index (χ0n) is 11.2. The maximum Gasteiger partial charge on any atom is 0.0667 e. The van der Waals surface area contributed by atoms with Crippen LogP contribution in [-0.2, 0) is 0 Å². The van der Waals surface area contributed by atoms with Crippen LogP contribution in [0.2, 0.25) is 0 Å². The van der Waals surface area contributed by atoms with Crippen molar-refractivity contribution in [2.75, 3.05) is 26.7 Å². The van der Waals surface area contributed by atoms with Crippen molar-refractivity contribution in [2.45, 2.75) is 57.1 Å². The number of aliphatic hydroxyl groups excluding tert-OH is 1. The molecule has 3 heteroatoms. The van der Waals surface area contributed by atoms with Crippen molar-refractivity contribution < 1.29 is 5.11 Å². The Kier molecular flexibility index (Phi) is 5.26. The molecule has 0 amide bonds. The van der Waals surface area contributed by atoms with Crippen molar-refractivity contribution in [1.82, 2.24) is 10.2 Å². The van der Waals surface area contributed by atoms with Crippen LogP contribution in [0.4, 0.5) is 0 Å². The van der Waals surface area contributed by atoms with Crippen molar-refractivity contribution in [3.8, 4) is 0 Å². The second kappa shape index (κ2) is 6.72. The number of nitrogens with one attached hydrogen (secondary N) is 1. The Hall–Kier alpha value is -0.120. The molecule has 2 fully saturated rings. The third-order valence-electron chi connectivity index (χ3n) is 4.44. The van der Waals surface area contributed by atoms with E-state index in [1.165, 1.54) is 51.6 Å². The third kappa shape index (κ3) is 4.57. The summed E-state index contributed by atoms with van der Waals surface area (Å²) in [5.41, 5.74) is 0. The molecule has 0 spiro atoms. The van der Waals surface area contributed by atoms with Crippen molar-refractivity contribution in [1.29, 1.82) is 0 Å². The van der Waals surface area contributed by atoms with Gasteiger partial charge >= 0.3 is 0 Å².